The van der Waals surface area contributed by atoms with Gasteiger partial charge in [0, 0.05) is 24.4 Å². The van der Waals surface area contributed by atoms with Gasteiger partial charge in [-0.1, -0.05) is 0 Å². The monoisotopic (exact) mass is 165 g/mol. The third kappa shape index (κ3) is 1.11. The zero-order valence-electron chi connectivity index (χ0n) is 6.73. The molecule has 1 atom stereocenters. The molecule has 0 spiro atoms. The number of fused-ring (bicyclic) bond motifs is 1. The summed E-state index contributed by atoms with van der Waals surface area (Å²) in [6.45, 7) is 0.972. The number of hydrogen-bond donors (Lipinski definition) is 1. The normalized spacial score (nSPS) is 20.8. The number of aromatic nitrogens is 1. The number of hydrogen-bond acceptors (Lipinski definition) is 1. The summed E-state index contributed by atoms with van der Waals surface area (Å²) in [6, 6.07) is 3.99. The van der Waals surface area contributed by atoms with Crippen LogP contribution < -0.4 is 0 Å². The lowest BCUT2D eigenvalue weighted by molar-refractivity contribution is -0.137. The van der Waals surface area contributed by atoms with Gasteiger partial charge in [-0.15, -0.1) is 0 Å². The lowest BCUT2D eigenvalue weighted by Gasteiger charge is -2.03. The van der Waals surface area contributed by atoms with Gasteiger partial charge in [0.2, 0.25) is 0 Å². The van der Waals surface area contributed by atoms with Crippen LogP contribution in [0.25, 0.3) is 0 Å². The minimum atomic E-state index is -0.699. The number of aryl methyl sites for hydroxylation is 1. The first-order valence-electron chi connectivity index (χ1n) is 4.14. The van der Waals surface area contributed by atoms with Crippen molar-refractivity contribution in [3.8, 4) is 0 Å². The Bertz CT molecular complexity index is 303. The highest BCUT2D eigenvalue weighted by atomic mass is 16.4. The Kier molecular flexibility index (Phi) is 1.64. The lowest BCUT2D eigenvalue weighted by Crippen LogP contribution is -2.02. The van der Waals surface area contributed by atoms with Gasteiger partial charge in [-0.3, -0.25) is 4.79 Å². The molecule has 0 radical (unpaired) electrons. The molecule has 0 amide bonds. The van der Waals surface area contributed by atoms with E-state index in [-0.39, 0.29) is 12.3 Å². The first kappa shape index (κ1) is 7.40. The van der Waals surface area contributed by atoms with E-state index in [2.05, 4.69) is 4.57 Å². The van der Waals surface area contributed by atoms with Crippen molar-refractivity contribution in [3.05, 3.63) is 24.0 Å². The molecule has 0 saturated carbocycles. The smallest absolute Gasteiger partial charge is 0.304 e. The predicted molar refractivity (Wildman–Crippen MR) is 44.0 cm³/mol. The zero-order valence-corrected chi connectivity index (χ0v) is 6.73. The summed E-state index contributed by atoms with van der Waals surface area (Å²) in [5, 5.41) is 8.63. The van der Waals surface area contributed by atoms with Crippen molar-refractivity contribution in [1.82, 2.24) is 4.57 Å². The maximum absolute atomic E-state index is 10.5. The van der Waals surface area contributed by atoms with Gasteiger partial charge < -0.3 is 9.67 Å². The summed E-state index contributed by atoms with van der Waals surface area (Å²) >= 11 is 0. The Hall–Kier alpha value is -1.25. The lowest BCUT2D eigenvalue weighted by atomic mass is 10.0. The molecule has 1 aromatic rings. The van der Waals surface area contributed by atoms with E-state index in [1.807, 2.05) is 18.3 Å². The minimum absolute atomic E-state index is 0.234. The fourth-order valence-electron chi connectivity index (χ4n) is 1.86. The number of rotatable bonds is 2. The fraction of sp³-hybridized carbons (Fsp3) is 0.444. The highest BCUT2D eigenvalue weighted by molar-refractivity contribution is 5.68. The van der Waals surface area contributed by atoms with Gasteiger partial charge in [-0.2, -0.15) is 0 Å². The topological polar surface area (TPSA) is 42.2 Å². The van der Waals surface area contributed by atoms with Crippen LogP contribution in [-0.2, 0) is 11.3 Å². The number of carboxylic acid groups (broad SMARTS) is 1. The third-order valence-corrected chi connectivity index (χ3v) is 2.42. The first-order valence-corrected chi connectivity index (χ1v) is 4.14. The second-order valence-corrected chi connectivity index (χ2v) is 3.21. The van der Waals surface area contributed by atoms with Gasteiger partial charge in [0.15, 0.2) is 0 Å². The van der Waals surface area contributed by atoms with Crippen molar-refractivity contribution >= 4 is 5.97 Å². The Labute approximate surface area is 70.6 Å². The molecule has 2 heterocycles. The van der Waals surface area contributed by atoms with Crippen LogP contribution in [-0.4, -0.2) is 15.6 Å². The zero-order chi connectivity index (χ0) is 8.55. The summed E-state index contributed by atoms with van der Waals surface area (Å²) < 4.78 is 2.13. The van der Waals surface area contributed by atoms with E-state index in [1.54, 1.807) is 0 Å². The predicted octanol–water partition coefficient (Wildman–Crippen LogP) is 1.45. The highest BCUT2D eigenvalue weighted by Gasteiger charge is 2.23. The van der Waals surface area contributed by atoms with Gasteiger partial charge in [-0.05, 0) is 18.6 Å². The molecule has 3 heteroatoms. The van der Waals surface area contributed by atoms with Crippen LogP contribution >= 0.6 is 0 Å². The quantitative estimate of drug-likeness (QED) is 0.720. The summed E-state index contributed by atoms with van der Waals surface area (Å²) in [6.07, 6.45) is 3.25. The molecule has 1 aromatic heterocycles. The van der Waals surface area contributed by atoms with Crippen molar-refractivity contribution in [1.29, 1.82) is 0 Å². The van der Waals surface area contributed by atoms with Gasteiger partial charge in [0.05, 0.1) is 6.42 Å². The van der Waals surface area contributed by atoms with Crippen LogP contribution in [0.2, 0.25) is 0 Å². The SMILES string of the molecule is O=C(O)CC1CCn2cccc21. The van der Waals surface area contributed by atoms with Crippen molar-refractivity contribution in [2.45, 2.75) is 25.3 Å². The molecule has 3 nitrogen and oxygen atoms in total. The van der Waals surface area contributed by atoms with Crippen molar-refractivity contribution in [2.24, 2.45) is 0 Å². The Morgan fingerprint density at radius 1 is 1.75 bits per heavy atom. The Balaban J connectivity index is 2.17. The van der Waals surface area contributed by atoms with Gasteiger partial charge >= 0.3 is 5.97 Å². The van der Waals surface area contributed by atoms with Crippen LogP contribution in [0.15, 0.2) is 18.3 Å². The first-order chi connectivity index (χ1) is 5.77. The Morgan fingerprint density at radius 3 is 3.33 bits per heavy atom. The van der Waals surface area contributed by atoms with E-state index in [4.69, 9.17) is 5.11 Å². The molecule has 0 saturated heterocycles. The van der Waals surface area contributed by atoms with Crippen molar-refractivity contribution in [2.75, 3.05) is 0 Å². The molecule has 1 unspecified atom stereocenters. The summed E-state index contributed by atoms with van der Waals surface area (Å²) in [7, 11) is 0. The van der Waals surface area contributed by atoms with Crippen LogP contribution in [0.1, 0.15) is 24.5 Å². The van der Waals surface area contributed by atoms with E-state index >= 15 is 0 Å². The van der Waals surface area contributed by atoms with Crippen molar-refractivity contribution in [3.63, 3.8) is 0 Å². The number of aliphatic carboxylic acids is 1. The second kappa shape index (κ2) is 2.66. The average Bonchev–Trinajstić information content (AvgIpc) is 2.52. The molecule has 0 aliphatic carbocycles. The number of carboxylic acids is 1. The number of carbonyl (C=O) groups is 1. The van der Waals surface area contributed by atoms with Crippen LogP contribution in [0, 0.1) is 0 Å². The molecule has 0 fully saturated rings. The molecular formula is C9H11NO2. The average molecular weight is 165 g/mol. The van der Waals surface area contributed by atoms with E-state index < -0.39 is 5.97 Å². The summed E-state index contributed by atoms with van der Waals surface area (Å²) in [4.78, 5) is 10.5. The van der Waals surface area contributed by atoms with Gasteiger partial charge in [0.25, 0.3) is 0 Å². The van der Waals surface area contributed by atoms with Crippen LogP contribution in [0.3, 0.4) is 0 Å². The molecule has 2 rings (SSSR count). The third-order valence-electron chi connectivity index (χ3n) is 2.42. The minimum Gasteiger partial charge on any atom is -0.481 e. The van der Waals surface area contributed by atoms with Crippen LogP contribution in [0.5, 0.6) is 0 Å². The summed E-state index contributed by atoms with van der Waals surface area (Å²) in [5.41, 5.74) is 1.18. The number of nitrogens with zero attached hydrogens (tertiary/aromatic N) is 1. The Morgan fingerprint density at radius 2 is 2.58 bits per heavy atom. The summed E-state index contributed by atoms with van der Waals surface area (Å²) in [5.74, 6) is -0.466. The van der Waals surface area contributed by atoms with E-state index in [0.717, 1.165) is 13.0 Å². The van der Waals surface area contributed by atoms with Gasteiger partial charge in [-0.25, -0.2) is 0 Å². The fourth-order valence-corrected chi connectivity index (χ4v) is 1.86. The largest absolute Gasteiger partial charge is 0.481 e. The molecule has 1 aliphatic rings. The van der Waals surface area contributed by atoms with E-state index in [1.165, 1.54) is 5.69 Å². The molecule has 0 aromatic carbocycles. The molecular weight excluding hydrogens is 154 g/mol. The van der Waals surface area contributed by atoms with Crippen LogP contribution in [0.4, 0.5) is 0 Å². The van der Waals surface area contributed by atoms with Crippen molar-refractivity contribution < 1.29 is 9.90 Å². The molecule has 1 aliphatic heterocycles. The maximum atomic E-state index is 10.5. The van der Waals surface area contributed by atoms with Gasteiger partial charge in [0.1, 0.15) is 0 Å². The molecule has 1 N–H and O–H groups in total. The van der Waals surface area contributed by atoms with E-state index in [9.17, 15) is 4.79 Å². The second-order valence-electron chi connectivity index (χ2n) is 3.21. The molecule has 12 heavy (non-hydrogen) atoms. The highest BCUT2D eigenvalue weighted by Crippen LogP contribution is 2.30. The van der Waals surface area contributed by atoms with E-state index in [0.29, 0.717) is 0 Å². The molecule has 0 bridgehead atoms. The maximum Gasteiger partial charge on any atom is 0.304 e. The standard InChI is InChI=1S/C9H11NO2/c11-9(12)6-7-3-5-10-4-1-2-8(7)10/h1-2,4,7H,3,5-6H2,(H,11,12). The molecule has 64 valence electrons.